The highest BCUT2D eigenvalue weighted by atomic mass is 79.9. The third kappa shape index (κ3) is 3.09. The highest BCUT2D eigenvalue weighted by molar-refractivity contribution is 9.10. The molecule has 0 heterocycles. The molecule has 1 nitrogen and oxygen atoms in total. The summed E-state index contributed by atoms with van der Waals surface area (Å²) < 4.78 is 27.6. The lowest BCUT2D eigenvalue weighted by Crippen LogP contribution is -2.27. The molecule has 1 saturated carbocycles. The summed E-state index contributed by atoms with van der Waals surface area (Å²) in [6.07, 6.45) is 3.29. The highest BCUT2D eigenvalue weighted by Gasteiger charge is 2.30. The Kier molecular flexibility index (Phi) is 4.07. The Balaban J connectivity index is 2.01. The predicted octanol–water partition coefficient (Wildman–Crippen LogP) is 4.40. The lowest BCUT2D eigenvalue weighted by Gasteiger charge is -2.18. The molecule has 0 aromatic heterocycles. The molecule has 1 atom stereocenters. The molecule has 0 bridgehead atoms. The van der Waals surface area contributed by atoms with E-state index in [0.717, 1.165) is 19.3 Å². The minimum absolute atomic E-state index is 0.120. The summed E-state index contributed by atoms with van der Waals surface area (Å²) in [5, 5.41) is 3.26. The van der Waals surface area contributed by atoms with Crippen molar-refractivity contribution in [3.05, 3.63) is 33.8 Å². The van der Waals surface area contributed by atoms with Crippen molar-refractivity contribution in [2.45, 2.75) is 45.7 Å². The first kappa shape index (κ1) is 13.9. The average Bonchev–Trinajstić information content (AvgIpc) is 2.64. The van der Waals surface area contributed by atoms with Gasteiger partial charge in [0.2, 0.25) is 0 Å². The van der Waals surface area contributed by atoms with Crippen molar-refractivity contribution >= 4 is 15.9 Å². The van der Waals surface area contributed by atoms with Gasteiger partial charge in [-0.1, -0.05) is 13.8 Å². The molecule has 100 valence electrons. The smallest absolute Gasteiger partial charge is 0.144 e. The Morgan fingerprint density at radius 1 is 1.39 bits per heavy atom. The van der Waals surface area contributed by atoms with Gasteiger partial charge in [0.25, 0.3) is 0 Å². The van der Waals surface area contributed by atoms with Crippen LogP contribution in [-0.4, -0.2) is 6.04 Å². The van der Waals surface area contributed by atoms with Crippen LogP contribution < -0.4 is 5.32 Å². The maximum absolute atomic E-state index is 13.8. The lowest BCUT2D eigenvalue weighted by molar-refractivity contribution is 0.363. The Morgan fingerprint density at radius 2 is 2.11 bits per heavy atom. The molecule has 0 amide bonds. The molecule has 1 aliphatic rings. The van der Waals surface area contributed by atoms with Crippen molar-refractivity contribution in [3.8, 4) is 0 Å². The van der Waals surface area contributed by atoms with E-state index in [-0.39, 0.29) is 12.1 Å². The van der Waals surface area contributed by atoms with E-state index >= 15 is 0 Å². The van der Waals surface area contributed by atoms with E-state index in [1.165, 1.54) is 12.1 Å². The molecule has 1 aliphatic carbocycles. The lowest BCUT2D eigenvalue weighted by atomic mass is 9.92. The second-order valence-corrected chi connectivity index (χ2v) is 6.66. The van der Waals surface area contributed by atoms with Crippen LogP contribution in [0.4, 0.5) is 8.78 Å². The van der Waals surface area contributed by atoms with E-state index in [9.17, 15) is 8.78 Å². The van der Waals surface area contributed by atoms with E-state index < -0.39 is 11.6 Å². The zero-order valence-electron chi connectivity index (χ0n) is 10.7. The fourth-order valence-corrected chi connectivity index (χ4v) is 2.96. The molecule has 4 heteroatoms. The molecule has 1 aromatic carbocycles. The van der Waals surface area contributed by atoms with Gasteiger partial charge in [0.15, 0.2) is 0 Å². The molecule has 1 unspecified atom stereocenters. The van der Waals surface area contributed by atoms with Crippen molar-refractivity contribution < 1.29 is 8.78 Å². The topological polar surface area (TPSA) is 12.0 Å². The molecule has 0 spiro atoms. The fourth-order valence-electron chi connectivity index (χ4n) is 2.59. The summed E-state index contributed by atoms with van der Waals surface area (Å²) >= 11 is 3.08. The normalized spacial score (nSPS) is 22.4. The summed E-state index contributed by atoms with van der Waals surface area (Å²) in [4.78, 5) is 0. The Hall–Kier alpha value is -0.480. The van der Waals surface area contributed by atoms with Gasteiger partial charge in [0.1, 0.15) is 11.6 Å². The van der Waals surface area contributed by atoms with Crippen molar-refractivity contribution in [2.24, 2.45) is 5.41 Å². The number of benzene rings is 1. The van der Waals surface area contributed by atoms with Gasteiger partial charge in [-0.3, -0.25) is 0 Å². The minimum atomic E-state index is -0.500. The molecule has 1 N–H and O–H groups in total. The molecule has 18 heavy (non-hydrogen) atoms. The van der Waals surface area contributed by atoms with Gasteiger partial charge >= 0.3 is 0 Å². The highest BCUT2D eigenvalue weighted by Crippen LogP contribution is 2.37. The van der Waals surface area contributed by atoms with Crippen molar-refractivity contribution in [3.63, 3.8) is 0 Å². The van der Waals surface area contributed by atoms with Crippen LogP contribution in [0.3, 0.4) is 0 Å². The van der Waals surface area contributed by atoms with E-state index in [1.807, 2.05) is 0 Å². The zero-order chi connectivity index (χ0) is 13.3. The Morgan fingerprint density at radius 3 is 2.72 bits per heavy atom. The van der Waals surface area contributed by atoms with Crippen LogP contribution in [0.1, 0.15) is 38.7 Å². The van der Waals surface area contributed by atoms with Gasteiger partial charge in [0.05, 0.1) is 4.47 Å². The number of rotatable bonds is 3. The van der Waals surface area contributed by atoms with Gasteiger partial charge in [-0.05, 0) is 52.7 Å². The first-order chi connectivity index (χ1) is 8.39. The average molecular weight is 318 g/mol. The second kappa shape index (κ2) is 5.25. The maximum atomic E-state index is 13.8. The van der Waals surface area contributed by atoms with E-state index in [0.29, 0.717) is 15.9 Å². The van der Waals surface area contributed by atoms with E-state index in [2.05, 4.69) is 35.1 Å². The summed E-state index contributed by atoms with van der Waals surface area (Å²) in [6.45, 7) is 4.71. The standard InChI is InChI=1S/C14H18BrF2N/c1-14(2)6-5-9(7-14)18-8-10-12(16)4-3-11(15)13(10)17/h3-4,9,18H,5-8H2,1-2H3. The van der Waals surface area contributed by atoms with Gasteiger partial charge in [-0.25, -0.2) is 8.78 Å². The van der Waals surface area contributed by atoms with Crippen LogP contribution in [0.15, 0.2) is 16.6 Å². The molecule has 2 rings (SSSR count). The molecular formula is C14H18BrF2N. The van der Waals surface area contributed by atoms with Crippen LogP contribution >= 0.6 is 15.9 Å². The molecule has 1 aromatic rings. The number of hydrogen-bond donors (Lipinski definition) is 1. The summed E-state index contributed by atoms with van der Waals surface area (Å²) in [7, 11) is 0. The number of nitrogens with one attached hydrogen (secondary N) is 1. The molecule has 0 saturated heterocycles. The SMILES string of the molecule is CC1(C)CCC(NCc2c(F)ccc(Br)c2F)C1. The zero-order valence-corrected chi connectivity index (χ0v) is 12.3. The quantitative estimate of drug-likeness (QED) is 0.815. The molecule has 0 aliphatic heterocycles. The summed E-state index contributed by atoms with van der Waals surface area (Å²) in [6, 6.07) is 3.05. The van der Waals surface area contributed by atoms with Crippen LogP contribution in [0.2, 0.25) is 0 Å². The van der Waals surface area contributed by atoms with E-state index in [4.69, 9.17) is 0 Å². The minimum Gasteiger partial charge on any atom is -0.310 e. The third-order valence-electron chi connectivity index (χ3n) is 3.67. The summed E-state index contributed by atoms with van der Waals surface area (Å²) in [5.74, 6) is -0.986. The number of halogens is 3. The number of hydrogen-bond acceptors (Lipinski definition) is 1. The summed E-state index contributed by atoms with van der Waals surface area (Å²) in [5.41, 5.74) is 0.459. The van der Waals surface area contributed by atoms with Crippen LogP contribution in [0.25, 0.3) is 0 Å². The van der Waals surface area contributed by atoms with Gasteiger partial charge in [-0.15, -0.1) is 0 Å². The third-order valence-corrected chi connectivity index (χ3v) is 4.29. The van der Waals surface area contributed by atoms with Gasteiger partial charge in [-0.2, -0.15) is 0 Å². The Labute approximate surface area is 115 Å². The molecule has 0 radical (unpaired) electrons. The van der Waals surface area contributed by atoms with Crippen molar-refractivity contribution in [1.82, 2.24) is 5.32 Å². The fraction of sp³-hybridized carbons (Fsp3) is 0.571. The predicted molar refractivity (Wildman–Crippen MR) is 72.3 cm³/mol. The monoisotopic (exact) mass is 317 g/mol. The van der Waals surface area contributed by atoms with E-state index in [1.54, 1.807) is 0 Å². The first-order valence-electron chi connectivity index (χ1n) is 6.25. The van der Waals surface area contributed by atoms with Crippen LogP contribution in [0, 0.1) is 17.0 Å². The van der Waals surface area contributed by atoms with Crippen molar-refractivity contribution in [1.29, 1.82) is 0 Å². The van der Waals surface area contributed by atoms with Gasteiger partial charge in [0, 0.05) is 18.2 Å². The molecule has 1 fully saturated rings. The van der Waals surface area contributed by atoms with Gasteiger partial charge < -0.3 is 5.32 Å². The first-order valence-corrected chi connectivity index (χ1v) is 7.04. The maximum Gasteiger partial charge on any atom is 0.144 e. The van der Waals surface area contributed by atoms with Crippen LogP contribution in [0.5, 0.6) is 0 Å². The molecular weight excluding hydrogens is 300 g/mol. The Bertz CT molecular complexity index is 446. The largest absolute Gasteiger partial charge is 0.310 e. The van der Waals surface area contributed by atoms with Crippen LogP contribution in [-0.2, 0) is 6.54 Å². The second-order valence-electron chi connectivity index (χ2n) is 5.81. The van der Waals surface area contributed by atoms with Crippen molar-refractivity contribution in [2.75, 3.05) is 0 Å².